The Labute approximate surface area is 135 Å². The van der Waals surface area contributed by atoms with Crippen LogP contribution < -0.4 is 4.72 Å². The van der Waals surface area contributed by atoms with Crippen molar-refractivity contribution < 1.29 is 17.9 Å². The molecule has 0 amide bonds. The molecule has 0 aliphatic rings. The summed E-state index contributed by atoms with van der Waals surface area (Å²) in [6, 6.07) is 6.07. The van der Waals surface area contributed by atoms with Gasteiger partial charge in [-0.25, -0.2) is 13.2 Å². The van der Waals surface area contributed by atoms with Gasteiger partial charge in [0.25, 0.3) is 10.0 Å². The maximum atomic E-state index is 12.5. The van der Waals surface area contributed by atoms with E-state index in [0.717, 1.165) is 0 Å². The second-order valence-corrected chi connectivity index (χ2v) is 6.98. The summed E-state index contributed by atoms with van der Waals surface area (Å²) in [5.41, 5.74) is 1.13. The first-order valence-corrected chi connectivity index (χ1v) is 8.50. The highest BCUT2D eigenvalue weighted by atomic mass is 32.2. The van der Waals surface area contributed by atoms with Crippen LogP contribution in [0.3, 0.4) is 0 Å². The summed E-state index contributed by atoms with van der Waals surface area (Å²) in [4.78, 5) is 11.5. The lowest BCUT2D eigenvalue weighted by molar-refractivity contribution is 0.0601. The van der Waals surface area contributed by atoms with Crippen molar-refractivity contribution in [3.8, 4) is 0 Å². The van der Waals surface area contributed by atoms with Crippen LogP contribution in [0.5, 0.6) is 0 Å². The van der Waals surface area contributed by atoms with Crippen LogP contribution in [0.25, 0.3) is 0 Å². The van der Waals surface area contributed by atoms with E-state index < -0.39 is 16.0 Å². The fraction of sp³-hybridized carbons (Fsp3) is 0.333. The molecule has 1 N–H and O–H groups in total. The number of anilines is 1. The second-order valence-electron chi connectivity index (χ2n) is 5.33. The van der Waals surface area contributed by atoms with Gasteiger partial charge in [0.2, 0.25) is 0 Å². The molecule has 0 atom stereocenters. The van der Waals surface area contributed by atoms with Gasteiger partial charge >= 0.3 is 5.97 Å². The van der Waals surface area contributed by atoms with E-state index in [1.807, 2.05) is 13.8 Å². The monoisotopic (exact) mass is 337 g/mol. The van der Waals surface area contributed by atoms with Crippen LogP contribution in [0.1, 0.15) is 35.9 Å². The maximum Gasteiger partial charge on any atom is 0.337 e. The molecule has 124 valence electrons. The molecule has 0 fully saturated rings. The minimum atomic E-state index is -3.74. The molecule has 0 saturated heterocycles. The van der Waals surface area contributed by atoms with Crippen molar-refractivity contribution in [2.45, 2.75) is 31.7 Å². The minimum Gasteiger partial charge on any atom is -0.465 e. The summed E-state index contributed by atoms with van der Waals surface area (Å²) in [5.74, 6) is -0.478. The smallest absolute Gasteiger partial charge is 0.337 e. The summed E-state index contributed by atoms with van der Waals surface area (Å²) >= 11 is 0. The van der Waals surface area contributed by atoms with Gasteiger partial charge in [0, 0.05) is 17.9 Å². The van der Waals surface area contributed by atoms with E-state index in [0.29, 0.717) is 16.9 Å². The standard InChI is InChI=1S/C15H19N3O4S/c1-10(2)18-9-14(11(3)16-18)23(20,21)17-13-7-5-12(6-8-13)15(19)22-4/h5-10,17H,1-4H3. The maximum absolute atomic E-state index is 12.5. The fourth-order valence-corrected chi connectivity index (χ4v) is 3.23. The predicted octanol–water partition coefficient (Wildman–Crippen LogP) is 2.36. The average Bonchev–Trinajstić information content (AvgIpc) is 2.90. The van der Waals surface area contributed by atoms with E-state index in [-0.39, 0.29) is 10.9 Å². The van der Waals surface area contributed by atoms with Crippen molar-refractivity contribution in [2.75, 3.05) is 11.8 Å². The van der Waals surface area contributed by atoms with Gasteiger partial charge in [-0.3, -0.25) is 9.40 Å². The van der Waals surface area contributed by atoms with E-state index in [1.165, 1.54) is 37.6 Å². The Morgan fingerprint density at radius 2 is 1.87 bits per heavy atom. The lowest BCUT2D eigenvalue weighted by atomic mass is 10.2. The molecule has 0 aliphatic heterocycles. The highest BCUT2D eigenvalue weighted by molar-refractivity contribution is 7.92. The number of carbonyl (C=O) groups is 1. The molecule has 8 heteroatoms. The molecule has 2 aromatic rings. The van der Waals surface area contributed by atoms with Crippen LogP contribution in [-0.4, -0.2) is 31.3 Å². The van der Waals surface area contributed by atoms with Crippen LogP contribution in [0, 0.1) is 6.92 Å². The first-order chi connectivity index (χ1) is 10.7. The van der Waals surface area contributed by atoms with Crippen molar-refractivity contribution in [1.82, 2.24) is 9.78 Å². The lowest BCUT2D eigenvalue weighted by Gasteiger charge is -2.08. The van der Waals surface area contributed by atoms with Crippen molar-refractivity contribution in [3.63, 3.8) is 0 Å². The van der Waals surface area contributed by atoms with Crippen LogP contribution in [0.15, 0.2) is 35.4 Å². The number of hydrogen-bond acceptors (Lipinski definition) is 5. The van der Waals surface area contributed by atoms with Gasteiger partial charge in [0.15, 0.2) is 0 Å². The molecule has 0 unspecified atom stereocenters. The summed E-state index contributed by atoms with van der Waals surface area (Å²) in [6.07, 6.45) is 1.51. The van der Waals surface area contributed by atoms with Crippen molar-refractivity contribution >= 4 is 21.7 Å². The van der Waals surface area contributed by atoms with E-state index in [1.54, 1.807) is 11.6 Å². The lowest BCUT2D eigenvalue weighted by Crippen LogP contribution is -2.13. The Bertz CT molecular complexity index is 808. The number of ether oxygens (including phenoxy) is 1. The van der Waals surface area contributed by atoms with Gasteiger partial charge in [0.1, 0.15) is 4.90 Å². The number of nitrogens with zero attached hydrogens (tertiary/aromatic N) is 2. The zero-order chi connectivity index (χ0) is 17.2. The molecule has 0 aliphatic carbocycles. The van der Waals surface area contributed by atoms with E-state index >= 15 is 0 Å². The van der Waals surface area contributed by atoms with Gasteiger partial charge in [-0.1, -0.05) is 0 Å². The summed E-state index contributed by atoms with van der Waals surface area (Å²) in [7, 11) is -2.46. The predicted molar refractivity (Wildman–Crippen MR) is 85.9 cm³/mol. The van der Waals surface area contributed by atoms with E-state index in [4.69, 9.17) is 0 Å². The molecular formula is C15H19N3O4S. The topological polar surface area (TPSA) is 90.3 Å². The highest BCUT2D eigenvalue weighted by Crippen LogP contribution is 2.20. The average molecular weight is 337 g/mol. The number of aryl methyl sites for hydroxylation is 1. The number of hydrogen-bond donors (Lipinski definition) is 1. The molecule has 0 bridgehead atoms. The highest BCUT2D eigenvalue weighted by Gasteiger charge is 2.21. The molecule has 0 spiro atoms. The molecule has 0 saturated carbocycles. The van der Waals surface area contributed by atoms with Crippen molar-refractivity contribution in [1.29, 1.82) is 0 Å². The largest absolute Gasteiger partial charge is 0.465 e. The minimum absolute atomic E-state index is 0.0667. The molecule has 1 aromatic heterocycles. The first-order valence-electron chi connectivity index (χ1n) is 7.01. The molecule has 23 heavy (non-hydrogen) atoms. The Hall–Kier alpha value is -2.35. The SMILES string of the molecule is COC(=O)c1ccc(NS(=O)(=O)c2cn(C(C)C)nc2C)cc1. The van der Waals surface area contributed by atoms with Gasteiger partial charge in [-0.2, -0.15) is 5.10 Å². The summed E-state index contributed by atoms with van der Waals surface area (Å²) < 4.78 is 33.6. The van der Waals surface area contributed by atoms with Crippen LogP contribution in [0.2, 0.25) is 0 Å². The fourth-order valence-electron chi connectivity index (χ4n) is 2.00. The van der Waals surface area contributed by atoms with Crippen molar-refractivity contribution in [3.05, 3.63) is 41.7 Å². The quantitative estimate of drug-likeness (QED) is 0.846. The van der Waals surface area contributed by atoms with Gasteiger partial charge < -0.3 is 4.74 Å². The number of esters is 1. The number of nitrogens with one attached hydrogen (secondary N) is 1. The Morgan fingerprint density at radius 3 is 2.35 bits per heavy atom. The number of methoxy groups -OCH3 is 1. The normalized spacial score (nSPS) is 11.5. The van der Waals surface area contributed by atoms with Gasteiger partial charge in [-0.05, 0) is 45.0 Å². The molecule has 7 nitrogen and oxygen atoms in total. The number of aromatic nitrogens is 2. The number of carbonyl (C=O) groups excluding carboxylic acids is 1. The van der Waals surface area contributed by atoms with Gasteiger partial charge in [-0.15, -0.1) is 0 Å². The number of rotatable bonds is 5. The zero-order valence-corrected chi connectivity index (χ0v) is 14.2. The summed E-state index contributed by atoms with van der Waals surface area (Å²) in [5, 5.41) is 4.20. The number of benzene rings is 1. The second kappa shape index (κ2) is 6.41. The van der Waals surface area contributed by atoms with Gasteiger partial charge in [0.05, 0.1) is 18.4 Å². The van der Waals surface area contributed by atoms with E-state index in [9.17, 15) is 13.2 Å². The third-order valence-electron chi connectivity index (χ3n) is 3.25. The van der Waals surface area contributed by atoms with Crippen LogP contribution in [-0.2, 0) is 14.8 Å². The third kappa shape index (κ3) is 3.70. The Morgan fingerprint density at radius 1 is 1.26 bits per heavy atom. The van der Waals surface area contributed by atoms with E-state index in [2.05, 4.69) is 14.6 Å². The van der Waals surface area contributed by atoms with Crippen LogP contribution >= 0.6 is 0 Å². The molecule has 0 radical (unpaired) electrons. The first kappa shape index (κ1) is 17.0. The van der Waals surface area contributed by atoms with Crippen molar-refractivity contribution in [2.24, 2.45) is 0 Å². The Kier molecular flexibility index (Phi) is 4.74. The molecular weight excluding hydrogens is 318 g/mol. The zero-order valence-electron chi connectivity index (χ0n) is 13.4. The molecule has 1 heterocycles. The molecule has 2 rings (SSSR count). The number of sulfonamides is 1. The van der Waals surface area contributed by atoms with Crippen LogP contribution in [0.4, 0.5) is 5.69 Å². The Balaban J connectivity index is 2.26. The third-order valence-corrected chi connectivity index (χ3v) is 4.73. The molecule has 1 aromatic carbocycles. The summed E-state index contributed by atoms with van der Waals surface area (Å²) in [6.45, 7) is 5.48.